The fourth-order valence-electron chi connectivity index (χ4n) is 1.35. The highest BCUT2D eigenvalue weighted by Crippen LogP contribution is 2.08. The van der Waals surface area contributed by atoms with Crippen LogP contribution in [0.15, 0.2) is 41.8 Å². The summed E-state index contributed by atoms with van der Waals surface area (Å²) in [4.78, 5) is 0. The second-order valence-electron chi connectivity index (χ2n) is 3.33. The van der Waals surface area contributed by atoms with E-state index in [4.69, 9.17) is 5.84 Å². The van der Waals surface area contributed by atoms with Gasteiger partial charge in [0.05, 0.1) is 18.1 Å². The third kappa shape index (κ3) is 2.04. The molecule has 2 aromatic rings. The van der Waals surface area contributed by atoms with Gasteiger partial charge in [0.15, 0.2) is 0 Å². The minimum absolute atomic E-state index is 0.977. The van der Waals surface area contributed by atoms with Crippen LogP contribution in [0.25, 0.3) is 5.69 Å². The van der Waals surface area contributed by atoms with Crippen LogP contribution < -0.4 is 5.84 Å². The number of aryl methyl sites for hydroxylation is 1. The Morgan fingerprint density at radius 3 is 2.60 bits per heavy atom. The third-order valence-electron chi connectivity index (χ3n) is 2.09. The molecule has 0 unspecified atom stereocenters. The van der Waals surface area contributed by atoms with Gasteiger partial charge in [-0.2, -0.15) is 10.2 Å². The zero-order chi connectivity index (χ0) is 10.7. The van der Waals surface area contributed by atoms with Crippen LogP contribution in [0.4, 0.5) is 0 Å². The molecule has 0 aliphatic carbocycles. The van der Waals surface area contributed by atoms with Crippen molar-refractivity contribution in [3.63, 3.8) is 0 Å². The van der Waals surface area contributed by atoms with Crippen molar-refractivity contribution >= 4 is 6.21 Å². The van der Waals surface area contributed by atoms with Gasteiger partial charge in [0.1, 0.15) is 0 Å². The monoisotopic (exact) mass is 200 g/mol. The summed E-state index contributed by atoms with van der Waals surface area (Å²) in [6.07, 6.45) is 5.42. The van der Waals surface area contributed by atoms with Gasteiger partial charge in [-0.1, -0.05) is 12.1 Å². The summed E-state index contributed by atoms with van der Waals surface area (Å²) in [5.74, 6) is 5.06. The number of hydrogen-bond donors (Lipinski definition) is 1. The fourth-order valence-corrected chi connectivity index (χ4v) is 1.35. The summed E-state index contributed by atoms with van der Waals surface area (Å²) >= 11 is 0. The van der Waals surface area contributed by atoms with E-state index in [1.165, 1.54) is 0 Å². The average Bonchev–Trinajstić information content (AvgIpc) is 2.67. The van der Waals surface area contributed by atoms with Crippen molar-refractivity contribution in [2.75, 3.05) is 0 Å². The first-order valence-corrected chi connectivity index (χ1v) is 4.64. The SMILES string of the molecule is Cc1cnn(-c2ccc(C=NN)cc2)c1. The maximum absolute atomic E-state index is 5.06. The maximum atomic E-state index is 5.06. The summed E-state index contributed by atoms with van der Waals surface area (Å²) in [6.45, 7) is 2.01. The molecule has 1 heterocycles. The van der Waals surface area contributed by atoms with E-state index in [1.807, 2.05) is 48.3 Å². The van der Waals surface area contributed by atoms with Crippen LogP contribution in [0.3, 0.4) is 0 Å². The van der Waals surface area contributed by atoms with Gasteiger partial charge in [0.2, 0.25) is 0 Å². The van der Waals surface area contributed by atoms with Gasteiger partial charge in [-0.25, -0.2) is 4.68 Å². The standard InChI is InChI=1S/C11H12N4/c1-9-6-14-15(8-9)11-4-2-10(3-5-11)7-13-12/h2-8H,12H2,1H3. The van der Waals surface area contributed by atoms with Gasteiger partial charge in [0, 0.05) is 6.20 Å². The molecule has 0 fully saturated rings. The van der Waals surface area contributed by atoms with Crippen molar-refractivity contribution < 1.29 is 0 Å². The van der Waals surface area contributed by atoms with Crippen molar-refractivity contribution in [1.82, 2.24) is 9.78 Å². The van der Waals surface area contributed by atoms with Crippen LogP contribution in [0.1, 0.15) is 11.1 Å². The molecule has 0 amide bonds. The average molecular weight is 200 g/mol. The number of aromatic nitrogens is 2. The Morgan fingerprint density at radius 2 is 2.07 bits per heavy atom. The van der Waals surface area contributed by atoms with Gasteiger partial charge in [-0.15, -0.1) is 0 Å². The van der Waals surface area contributed by atoms with E-state index in [9.17, 15) is 0 Å². The van der Waals surface area contributed by atoms with Gasteiger partial charge in [0.25, 0.3) is 0 Å². The van der Waals surface area contributed by atoms with Crippen LogP contribution in [0, 0.1) is 6.92 Å². The highest BCUT2D eigenvalue weighted by molar-refractivity contribution is 5.79. The first kappa shape index (κ1) is 9.45. The highest BCUT2D eigenvalue weighted by Gasteiger charge is 1.97. The van der Waals surface area contributed by atoms with Crippen molar-refractivity contribution in [3.05, 3.63) is 47.8 Å². The van der Waals surface area contributed by atoms with Gasteiger partial charge in [-0.05, 0) is 30.2 Å². The van der Waals surface area contributed by atoms with Crippen molar-refractivity contribution in [1.29, 1.82) is 0 Å². The van der Waals surface area contributed by atoms with Crippen molar-refractivity contribution in [2.24, 2.45) is 10.9 Å². The first-order chi connectivity index (χ1) is 7.29. The Morgan fingerprint density at radius 1 is 1.33 bits per heavy atom. The van der Waals surface area contributed by atoms with E-state index in [1.54, 1.807) is 6.21 Å². The van der Waals surface area contributed by atoms with Gasteiger partial charge in [-0.3, -0.25) is 0 Å². The normalized spacial score (nSPS) is 11.0. The fraction of sp³-hybridized carbons (Fsp3) is 0.0909. The molecule has 4 nitrogen and oxygen atoms in total. The lowest BCUT2D eigenvalue weighted by atomic mass is 10.2. The third-order valence-corrected chi connectivity index (χ3v) is 2.09. The lowest BCUT2D eigenvalue weighted by Gasteiger charge is -2.00. The minimum Gasteiger partial charge on any atom is -0.323 e. The van der Waals surface area contributed by atoms with E-state index in [2.05, 4.69) is 10.2 Å². The number of hydrogen-bond acceptors (Lipinski definition) is 3. The molecule has 0 spiro atoms. The molecular formula is C11H12N4. The maximum Gasteiger partial charge on any atom is 0.0646 e. The van der Waals surface area contributed by atoms with E-state index in [0.717, 1.165) is 16.8 Å². The smallest absolute Gasteiger partial charge is 0.0646 e. The molecule has 1 aromatic carbocycles. The summed E-state index contributed by atoms with van der Waals surface area (Å²) in [5, 5.41) is 7.69. The Bertz CT molecular complexity index is 468. The van der Waals surface area contributed by atoms with Crippen LogP contribution in [0.2, 0.25) is 0 Å². The molecular weight excluding hydrogens is 188 g/mol. The summed E-state index contributed by atoms with van der Waals surface area (Å²) in [5.41, 5.74) is 3.14. The van der Waals surface area contributed by atoms with Crippen LogP contribution in [-0.4, -0.2) is 16.0 Å². The van der Waals surface area contributed by atoms with Crippen LogP contribution in [-0.2, 0) is 0 Å². The Labute approximate surface area is 88.0 Å². The number of nitrogens with zero attached hydrogens (tertiary/aromatic N) is 3. The molecule has 0 bridgehead atoms. The lowest BCUT2D eigenvalue weighted by Crippen LogP contribution is -1.94. The van der Waals surface area contributed by atoms with Crippen LogP contribution in [0.5, 0.6) is 0 Å². The molecule has 15 heavy (non-hydrogen) atoms. The molecule has 0 atom stereocenters. The lowest BCUT2D eigenvalue weighted by molar-refractivity contribution is 0.880. The second kappa shape index (κ2) is 3.96. The molecule has 0 aliphatic rings. The molecule has 76 valence electrons. The molecule has 0 saturated carbocycles. The Balaban J connectivity index is 2.31. The van der Waals surface area contributed by atoms with Crippen molar-refractivity contribution in [2.45, 2.75) is 6.92 Å². The van der Waals surface area contributed by atoms with E-state index in [0.29, 0.717) is 0 Å². The molecule has 2 rings (SSSR count). The van der Waals surface area contributed by atoms with E-state index >= 15 is 0 Å². The number of hydrazone groups is 1. The van der Waals surface area contributed by atoms with E-state index in [-0.39, 0.29) is 0 Å². The molecule has 4 heteroatoms. The quantitative estimate of drug-likeness (QED) is 0.453. The Kier molecular flexibility index (Phi) is 2.49. The van der Waals surface area contributed by atoms with Gasteiger partial charge < -0.3 is 5.84 Å². The first-order valence-electron chi connectivity index (χ1n) is 4.64. The minimum atomic E-state index is 0.977. The van der Waals surface area contributed by atoms with Gasteiger partial charge >= 0.3 is 0 Å². The highest BCUT2D eigenvalue weighted by atomic mass is 15.3. The predicted octanol–water partition coefficient (Wildman–Crippen LogP) is 1.47. The second-order valence-corrected chi connectivity index (χ2v) is 3.33. The number of rotatable bonds is 2. The Hall–Kier alpha value is -2.10. The molecule has 0 radical (unpaired) electrons. The number of nitrogens with two attached hydrogens (primary N) is 1. The van der Waals surface area contributed by atoms with Crippen molar-refractivity contribution in [3.8, 4) is 5.69 Å². The summed E-state index contributed by atoms with van der Waals surface area (Å²) < 4.78 is 1.83. The zero-order valence-corrected chi connectivity index (χ0v) is 8.46. The zero-order valence-electron chi connectivity index (χ0n) is 8.46. The molecule has 0 saturated heterocycles. The molecule has 1 aromatic heterocycles. The predicted molar refractivity (Wildman–Crippen MR) is 60.1 cm³/mol. The molecule has 2 N–H and O–H groups in total. The summed E-state index contributed by atoms with van der Waals surface area (Å²) in [7, 11) is 0. The largest absolute Gasteiger partial charge is 0.323 e. The topological polar surface area (TPSA) is 56.2 Å². The molecule has 0 aliphatic heterocycles. The van der Waals surface area contributed by atoms with Crippen LogP contribution >= 0.6 is 0 Å². The number of benzene rings is 1. The van der Waals surface area contributed by atoms with E-state index < -0.39 is 0 Å². The summed E-state index contributed by atoms with van der Waals surface area (Å²) in [6, 6.07) is 7.85.